The smallest absolute Gasteiger partial charge is 0.399 e. The highest BCUT2D eigenvalue weighted by atomic mass is 79.9. The van der Waals surface area contributed by atoms with E-state index in [-0.39, 0.29) is 25.7 Å². The van der Waals surface area contributed by atoms with Crippen LogP contribution in [0.1, 0.15) is 68.5 Å². The van der Waals surface area contributed by atoms with E-state index in [2.05, 4.69) is 470 Å². The summed E-state index contributed by atoms with van der Waals surface area (Å²) in [6, 6.07) is 152. The number of hydrogen-bond acceptors (Lipinski definition) is 2. The molecule has 21 aromatic rings. The minimum absolute atomic E-state index is 0. The largest absolute Gasteiger partial charge is 0.494 e. The summed E-state index contributed by atoms with van der Waals surface area (Å²) in [5.41, 5.74) is 40.4. The summed E-state index contributed by atoms with van der Waals surface area (Å²) in [5.74, 6) is 0. The molecule has 0 saturated carbocycles. The maximum atomic E-state index is 6.33. The number of para-hydroxylation sites is 3. The van der Waals surface area contributed by atoms with E-state index in [1.807, 2.05) is 6.07 Å². The Morgan fingerprint density at radius 3 is 0.864 bits per heavy atom. The lowest BCUT2D eigenvalue weighted by Gasteiger charge is -2.32. The molecule has 0 radical (unpaired) electrons. The van der Waals surface area contributed by atoms with E-state index in [0.29, 0.717) is 0 Å². The minimum Gasteiger partial charge on any atom is -0.399 e. The summed E-state index contributed by atoms with van der Waals surface area (Å²) in [6.07, 6.45) is 3.14. The Balaban J connectivity index is 0.000000106. The molecule has 0 bridgehead atoms. The van der Waals surface area contributed by atoms with Crippen LogP contribution in [-0.2, 0) is 28.6 Å². The molecule has 0 spiro atoms. The number of fused-ring (bicyclic) bond motifs is 18. The van der Waals surface area contributed by atoms with Crippen molar-refractivity contribution in [3.63, 3.8) is 0 Å². The third-order valence-corrected chi connectivity index (χ3v) is 26.8. The van der Waals surface area contributed by atoms with Crippen LogP contribution < -0.4 is 5.46 Å². The van der Waals surface area contributed by atoms with Crippen molar-refractivity contribution in [3.05, 3.63) is 456 Å². The van der Waals surface area contributed by atoms with Crippen LogP contribution in [0.25, 0.3) is 171 Å². The second-order valence-corrected chi connectivity index (χ2v) is 35.1. The van der Waals surface area contributed by atoms with Gasteiger partial charge < -0.3 is 23.0 Å². The Hall–Kier alpha value is -14.2. The van der Waals surface area contributed by atoms with E-state index in [9.17, 15) is 0 Å². The Bertz CT molecular complexity index is 7380. The average molecular weight is 1670 g/mol. The molecular weight excluding hydrogens is 1580 g/mol. The lowest BCUT2D eigenvalue weighted by Crippen LogP contribution is -2.41. The predicted molar refractivity (Wildman–Crippen MR) is 531 cm³/mol. The monoisotopic (exact) mass is 1670 g/mol. The van der Waals surface area contributed by atoms with Crippen molar-refractivity contribution in [3.8, 4) is 106 Å². The summed E-state index contributed by atoms with van der Waals surface area (Å²) < 4.78 is 20.9. The summed E-state index contributed by atoms with van der Waals surface area (Å²) >= 11 is 3.52. The Morgan fingerprint density at radius 1 is 0.224 bits per heavy atom. The van der Waals surface area contributed by atoms with Crippen LogP contribution in [0.15, 0.2) is 423 Å². The van der Waals surface area contributed by atoms with Crippen molar-refractivity contribution in [2.24, 2.45) is 0 Å². The number of hydrogen-bond donors (Lipinski definition) is 0. The number of nitrogens with zero attached hydrogens (tertiary/aromatic N) is 3. The molecule has 4 heterocycles. The standard InChI is InChI=1S/2C37H25N.C30H28BNO2.C13H9Br.CH4/c2*1-2-8-25(9-3-1)26-16-19-31(20-17-26)38-36-13-7-6-12-33(36)35-24-28(18-21-37(35)38)27-14-15-30-22-29-10-4-5-11-32(29)34(30)23-27;1-29(2)30(3,4)34-31(33-29)23-16-19-28-26(20-23)25-12-8-9-13-27(25)32(28)24-17-14-22(15-18-24)21-10-6-5-7-11-21;14-11-6-5-10-7-9-3-1-2-4-12(9)13(10)8-11;/h2*1-21,23-24H,22H2;5-20H,1-4H3;1-6,8H,7H2;1H4. The van der Waals surface area contributed by atoms with Gasteiger partial charge >= 0.3 is 7.12 Å². The van der Waals surface area contributed by atoms with E-state index in [4.69, 9.17) is 9.31 Å². The van der Waals surface area contributed by atoms with Crippen LogP contribution in [0.4, 0.5) is 0 Å². The van der Waals surface area contributed by atoms with E-state index >= 15 is 0 Å². The molecule has 3 aromatic heterocycles. The molecule has 1 saturated heterocycles. The zero-order valence-electron chi connectivity index (χ0n) is 69.6. The fourth-order valence-electron chi connectivity index (χ4n) is 19.3. The molecule has 4 aliphatic rings. The number of rotatable bonds is 9. The van der Waals surface area contributed by atoms with Gasteiger partial charge in [0.25, 0.3) is 0 Å². The SMILES string of the molecule is Brc1ccc2c(c1)-c1ccccc1C2.C.CC1(C)OB(c2ccc3c(c2)c2ccccc2n3-c2ccc(-c3ccccc3)cc2)OC1(C)C.c1ccc(-c2ccc(-n3c4ccccc4c4cc(-c5ccc6c(c5)-c5ccccc5C6)ccc43)cc2)cc1.c1ccc(-c2ccc(-n3c4ccccc4c4cc(-c5ccc6c(c5)-c5ccccc5C6)ccc43)cc2)cc1. The molecule has 1 aliphatic heterocycles. The van der Waals surface area contributed by atoms with Crippen molar-refractivity contribution >= 4 is 93.9 Å². The maximum absolute atomic E-state index is 6.33. The Labute approximate surface area is 739 Å². The fourth-order valence-corrected chi connectivity index (χ4v) is 19.6. The van der Waals surface area contributed by atoms with Gasteiger partial charge in [-0.05, 0) is 284 Å². The summed E-state index contributed by atoms with van der Waals surface area (Å²) in [7, 11) is -0.373. The minimum atomic E-state index is -0.373. The topological polar surface area (TPSA) is 33.2 Å². The van der Waals surface area contributed by atoms with Gasteiger partial charge in [-0.1, -0.05) is 333 Å². The molecule has 125 heavy (non-hydrogen) atoms. The zero-order valence-corrected chi connectivity index (χ0v) is 71.2. The molecule has 600 valence electrons. The first-order valence-corrected chi connectivity index (χ1v) is 43.9. The molecule has 7 heteroatoms. The van der Waals surface area contributed by atoms with Gasteiger partial charge in [-0.2, -0.15) is 0 Å². The van der Waals surface area contributed by atoms with Gasteiger partial charge in [0.05, 0.1) is 44.3 Å². The first-order chi connectivity index (χ1) is 60.8. The van der Waals surface area contributed by atoms with Crippen LogP contribution in [-0.4, -0.2) is 32.0 Å². The van der Waals surface area contributed by atoms with Gasteiger partial charge in [-0.15, -0.1) is 0 Å². The van der Waals surface area contributed by atoms with Gasteiger partial charge in [-0.25, -0.2) is 0 Å². The van der Waals surface area contributed by atoms with Crippen LogP contribution in [0, 0.1) is 0 Å². The quantitative estimate of drug-likeness (QED) is 0.135. The number of halogens is 1. The van der Waals surface area contributed by atoms with Gasteiger partial charge in [0.1, 0.15) is 0 Å². The van der Waals surface area contributed by atoms with Crippen LogP contribution >= 0.6 is 15.9 Å². The van der Waals surface area contributed by atoms with Gasteiger partial charge in [0.15, 0.2) is 0 Å². The van der Waals surface area contributed by atoms with Gasteiger partial charge in [0.2, 0.25) is 0 Å². The molecule has 0 atom stereocenters. The van der Waals surface area contributed by atoms with E-state index in [1.165, 1.54) is 199 Å². The van der Waals surface area contributed by atoms with Crippen LogP contribution in [0.2, 0.25) is 0 Å². The molecule has 5 nitrogen and oxygen atoms in total. The number of aromatic nitrogens is 3. The molecule has 1 fully saturated rings. The average Bonchev–Trinajstić information content (AvgIpc) is 1.60. The lowest BCUT2D eigenvalue weighted by atomic mass is 9.78. The highest BCUT2D eigenvalue weighted by Crippen LogP contribution is 2.46. The first kappa shape index (κ1) is 78.1. The van der Waals surface area contributed by atoms with E-state index in [0.717, 1.165) is 34.9 Å². The van der Waals surface area contributed by atoms with Crippen LogP contribution in [0.3, 0.4) is 0 Å². The normalized spacial score (nSPS) is 13.4. The Kier molecular flexibility index (Phi) is 20.1. The highest BCUT2D eigenvalue weighted by Gasteiger charge is 2.52. The summed E-state index contributed by atoms with van der Waals surface area (Å²) in [4.78, 5) is 0. The molecular formula is C118H91BBrN3O2. The lowest BCUT2D eigenvalue weighted by molar-refractivity contribution is 0.00578. The van der Waals surface area contributed by atoms with Crippen molar-refractivity contribution in [1.29, 1.82) is 0 Å². The van der Waals surface area contributed by atoms with Crippen molar-refractivity contribution < 1.29 is 9.31 Å². The summed E-state index contributed by atoms with van der Waals surface area (Å²) in [5, 5.41) is 7.56. The van der Waals surface area contributed by atoms with Gasteiger partial charge in [-0.3, -0.25) is 0 Å². The highest BCUT2D eigenvalue weighted by molar-refractivity contribution is 9.10. The van der Waals surface area contributed by atoms with E-state index in [1.54, 1.807) is 0 Å². The maximum Gasteiger partial charge on any atom is 0.494 e. The molecule has 18 aromatic carbocycles. The van der Waals surface area contributed by atoms with Crippen molar-refractivity contribution in [1.82, 2.24) is 13.7 Å². The second kappa shape index (κ2) is 32.2. The third-order valence-electron chi connectivity index (χ3n) is 26.3. The molecule has 3 aliphatic carbocycles. The van der Waals surface area contributed by atoms with Crippen molar-refractivity contribution in [2.75, 3.05) is 0 Å². The van der Waals surface area contributed by atoms with Crippen molar-refractivity contribution in [2.45, 2.75) is 65.6 Å². The number of benzene rings is 18. The molecule has 0 N–H and O–H groups in total. The van der Waals surface area contributed by atoms with Crippen LogP contribution in [0.5, 0.6) is 0 Å². The predicted octanol–water partition coefficient (Wildman–Crippen LogP) is 30.8. The molecule has 0 amide bonds. The summed E-state index contributed by atoms with van der Waals surface area (Å²) in [6.45, 7) is 8.38. The molecule has 25 rings (SSSR count). The third kappa shape index (κ3) is 14.3. The fraction of sp³-hybridized carbons (Fsp3) is 0.0847. The zero-order chi connectivity index (χ0) is 83.2. The first-order valence-electron chi connectivity index (χ1n) is 43.1. The second-order valence-electron chi connectivity index (χ2n) is 34.2. The Morgan fingerprint density at radius 2 is 0.488 bits per heavy atom. The van der Waals surface area contributed by atoms with E-state index < -0.39 is 0 Å². The van der Waals surface area contributed by atoms with Gasteiger partial charge in [0, 0.05) is 53.9 Å². The molecule has 0 unspecified atom stereocenters.